The first-order valence-electron chi connectivity index (χ1n) is 7.83. The maximum absolute atomic E-state index is 12.8. The quantitative estimate of drug-likeness (QED) is 0.610. The van der Waals surface area contributed by atoms with E-state index in [0.717, 1.165) is 10.0 Å². The summed E-state index contributed by atoms with van der Waals surface area (Å²) in [4.78, 5) is 36.0. The molecule has 0 radical (unpaired) electrons. The van der Waals surface area contributed by atoms with E-state index in [1.165, 1.54) is 22.6 Å². The van der Waals surface area contributed by atoms with E-state index in [2.05, 4.69) is 31.2 Å². The fourth-order valence-electron chi connectivity index (χ4n) is 2.77. The van der Waals surface area contributed by atoms with Crippen molar-refractivity contribution in [2.75, 3.05) is 16.8 Å². The number of benzene rings is 1. The van der Waals surface area contributed by atoms with Crippen molar-refractivity contribution in [3.8, 4) is 0 Å². The van der Waals surface area contributed by atoms with Crippen LogP contribution in [0.1, 0.15) is 22.2 Å². The van der Waals surface area contributed by atoms with Crippen molar-refractivity contribution in [2.24, 2.45) is 0 Å². The molecular formula is C17H13BrN4O3S. The molecule has 1 aromatic carbocycles. The first-order valence-corrected chi connectivity index (χ1v) is 9.44. The molecule has 9 heteroatoms. The van der Waals surface area contributed by atoms with E-state index in [4.69, 9.17) is 4.74 Å². The molecule has 0 saturated carbocycles. The summed E-state index contributed by atoms with van der Waals surface area (Å²) in [5.74, 6) is -0.0421. The van der Waals surface area contributed by atoms with Gasteiger partial charge >= 0.3 is 12.0 Å². The molecule has 1 N–H and O–H groups in total. The number of ether oxygens (including phenoxy) is 1. The molecule has 3 heterocycles. The number of aromatic nitrogens is 2. The number of rotatable bonds is 3. The Morgan fingerprint density at radius 2 is 2.19 bits per heavy atom. The smallest absolute Gasteiger partial charge is 0.350 e. The first kappa shape index (κ1) is 16.9. The van der Waals surface area contributed by atoms with Crippen LogP contribution in [0.4, 0.5) is 22.0 Å². The molecule has 0 unspecified atom stereocenters. The maximum atomic E-state index is 12.8. The Bertz CT molecular complexity index is 1070. The van der Waals surface area contributed by atoms with Gasteiger partial charge in [0.2, 0.25) is 0 Å². The molecule has 3 aromatic rings. The zero-order valence-corrected chi connectivity index (χ0v) is 16.3. The van der Waals surface area contributed by atoms with Gasteiger partial charge in [0.15, 0.2) is 5.82 Å². The predicted octanol–water partition coefficient (Wildman–Crippen LogP) is 4.62. The van der Waals surface area contributed by atoms with Gasteiger partial charge in [0.05, 0.1) is 23.4 Å². The van der Waals surface area contributed by atoms with Crippen LogP contribution in [-0.2, 0) is 4.74 Å². The monoisotopic (exact) mass is 432 g/mol. The molecule has 26 heavy (non-hydrogen) atoms. The number of carbonyl (C=O) groups excluding carboxylic acids is 2. The van der Waals surface area contributed by atoms with Gasteiger partial charge in [-0.3, -0.25) is 0 Å². The van der Waals surface area contributed by atoms with Crippen LogP contribution in [0.2, 0.25) is 0 Å². The fraction of sp³-hybridized carbons (Fsp3) is 0.176. The Morgan fingerprint density at radius 1 is 1.38 bits per heavy atom. The molecule has 0 atom stereocenters. The Balaban J connectivity index is 1.92. The molecular weight excluding hydrogens is 420 g/mol. The Hall–Kier alpha value is -2.52. The molecule has 0 bridgehead atoms. The normalized spacial score (nSPS) is 13.0. The van der Waals surface area contributed by atoms with E-state index in [1.54, 1.807) is 6.92 Å². The number of anilines is 3. The Morgan fingerprint density at radius 3 is 2.92 bits per heavy atom. The van der Waals surface area contributed by atoms with Gasteiger partial charge in [-0.15, -0.1) is 11.3 Å². The topological polar surface area (TPSA) is 84.4 Å². The number of urea groups is 1. The predicted molar refractivity (Wildman–Crippen MR) is 103 cm³/mol. The number of hydrogen-bond donors (Lipinski definition) is 1. The Labute approximate surface area is 161 Å². The molecule has 1 aliphatic heterocycles. The van der Waals surface area contributed by atoms with Crippen molar-refractivity contribution in [1.29, 1.82) is 0 Å². The number of nitrogens with zero attached hydrogens (tertiary/aromatic N) is 3. The lowest BCUT2D eigenvalue weighted by Gasteiger charge is -2.27. The van der Waals surface area contributed by atoms with Crippen LogP contribution >= 0.6 is 27.3 Å². The lowest BCUT2D eigenvalue weighted by atomic mass is 10.1. The second-order valence-corrected chi connectivity index (χ2v) is 7.46. The van der Waals surface area contributed by atoms with E-state index in [0.29, 0.717) is 32.3 Å². The van der Waals surface area contributed by atoms with Crippen LogP contribution in [0.3, 0.4) is 0 Å². The molecule has 2 amide bonds. The van der Waals surface area contributed by atoms with Gasteiger partial charge in [0.25, 0.3) is 0 Å². The number of aryl methyl sites for hydroxylation is 1. The standard InChI is InChI=1S/C17H13BrN4O3S/c1-3-25-16(23)13-12-11-14(19-7-20-15(11)26-13)22(17(24)21-12)9-5-4-8(2)10(18)6-9/h4-7H,3H2,1-2H3,(H,21,24). The third-order valence-electron chi connectivity index (χ3n) is 3.99. The third kappa shape index (κ3) is 2.55. The number of halogens is 1. The highest BCUT2D eigenvalue weighted by Crippen LogP contribution is 2.45. The molecule has 7 nitrogen and oxygen atoms in total. The van der Waals surface area contributed by atoms with Crippen molar-refractivity contribution in [3.05, 3.63) is 39.4 Å². The molecule has 0 spiro atoms. The van der Waals surface area contributed by atoms with Gasteiger partial charge < -0.3 is 10.1 Å². The van der Waals surface area contributed by atoms with Crippen molar-refractivity contribution >= 4 is 66.7 Å². The number of carbonyl (C=O) groups is 2. The summed E-state index contributed by atoms with van der Waals surface area (Å²) >= 11 is 4.67. The van der Waals surface area contributed by atoms with Gasteiger partial charge in [-0.1, -0.05) is 22.0 Å². The van der Waals surface area contributed by atoms with Crippen LogP contribution in [0.5, 0.6) is 0 Å². The molecule has 1 aliphatic rings. The largest absolute Gasteiger partial charge is 0.462 e. The average Bonchev–Trinajstić information content (AvgIpc) is 2.98. The summed E-state index contributed by atoms with van der Waals surface area (Å²) < 4.78 is 5.98. The summed E-state index contributed by atoms with van der Waals surface area (Å²) in [7, 11) is 0. The van der Waals surface area contributed by atoms with Crippen LogP contribution in [0.15, 0.2) is 29.0 Å². The van der Waals surface area contributed by atoms with Crippen LogP contribution in [-0.4, -0.2) is 28.6 Å². The average molecular weight is 433 g/mol. The van der Waals surface area contributed by atoms with Crippen molar-refractivity contribution in [1.82, 2.24) is 9.97 Å². The zero-order chi connectivity index (χ0) is 18.4. The fourth-order valence-corrected chi connectivity index (χ4v) is 4.12. The molecule has 2 aromatic heterocycles. The minimum absolute atomic E-state index is 0.252. The minimum atomic E-state index is -0.483. The molecule has 0 aliphatic carbocycles. The van der Waals surface area contributed by atoms with Crippen molar-refractivity contribution in [3.63, 3.8) is 0 Å². The molecule has 4 rings (SSSR count). The zero-order valence-electron chi connectivity index (χ0n) is 13.9. The van der Waals surface area contributed by atoms with E-state index < -0.39 is 12.0 Å². The summed E-state index contributed by atoms with van der Waals surface area (Å²) in [5.41, 5.74) is 2.13. The summed E-state index contributed by atoms with van der Waals surface area (Å²) in [6.07, 6.45) is 1.39. The van der Waals surface area contributed by atoms with Crippen LogP contribution in [0, 0.1) is 6.92 Å². The second-order valence-electron chi connectivity index (χ2n) is 5.60. The maximum Gasteiger partial charge on any atom is 0.350 e. The van der Waals surface area contributed by atoms with Crippen LogP contribution < -0.4 is 10.2 Å². The first-order chi connectivity index (χ1) is 12.5. The highest BCUT2D eigenvalue weighted by atomic mass is 79.9. The Kier molecular flexibility index (Phi) is 4.12. The SMILES string of the molecule is CCOC(=O)c1sc2ncnc3c2c1NC(=O)N3c1ccc(C)c(Br)c1. The van der Waals surface area contributed by atoms with E-state index in [1.807, 2.05) is 25.1 Å². The van der Waals surface area contributed by atoms with E-state index >= 15 is 0 Å². The third-order valence-corrected chi connectivity index (χ3v) is 5.92. The number of thiophene rings is 1. The summed E-state index contributed by atoms with van der Waals surface area (Å²) in [5, 5.41) is 3.43. The van der Waals surface area contributed by atoms with Gasteiger partial charge in [-0.2, -0.15) is 0 Å². The van der Waals surface area contributed by atoms with Gasteiger partial charge in [-0.05, 0) is 31.5 Å². The summed E-state index contributed by atoms with van der Waals surface area (Å²) in [6.45, 7) is 3.95. The molecule has 0 saturated heterocycles. The number of nitrogens with one attached hydrogen (secondary N) is 1. The van der Waals surface area contributed by atoms with Crippen molar-refractivity contribution < 1.29 is 14.3 Å². The summed E-state index contributed by atoms with van der Waals surface area (Å²) in [6, 6.07) is 5.22. The van der Waals surface area contributed by atoms with E-state index in [-0.39, 0.29) is 6.61 Å². The number of esters is 1. The highest BCUT2D eigenvalue weighted by molar-refractivity contribution is 9.10. The molecule has 132 valence electrons. The van der Waals surface area contributed by atoms with Gasteiger partial charge in [0.1, 0.15) is 16.0 Å². The van der Waals surface area contributed by atoms with Gasteiger partial charge in [0, 0.05) is 4.47 Å². The van der Waals surface area contributed by atoms with E-state index in [9.17, 15) is 9.59 Å². The van der Waals surface area contributed by atoms with Gasteiger partial charge in [-0.25, -0.2) is 24.5 Å². The lowest BCUT2D eigenvalue weighted by Crippen LogP contribution is -2.35. The lowest BCUT2D eigenvalue weighted by molar-refractivity contribution is 0.0533. The number of hydrogen-bond acceptors (Lipinski definition) is 6. The molecule has 0 fully saturated rings. The van der Waals surface area contributed by atoms with Crippen molar-refractivity contribution in [2.45, 2.75) is 13.8 Å². The minimum Gasteiger partial charge on any atom is -0.462 e. The highest BCUT2D eigenvalue weighted by Gasteiger charge is 2.34. The second kappa shape index (κ2) is 6.33. The van der Waals surface area contributed by atoms with Crippen LogP contribution in [0.25, 0.3) is 10.2 Å². The number of amides is 2.